The van der Waals surface area contributed by atoms with Crippen LogP contribution in [0.25, 0.3) is 11.0 Å². The van der Waals surface area contributed by atoms with Crippen molar-refractivity contribution in [1.29, 1.82) is 0 Å². The molecule has 0 aliphatic rings. The van der Waals surface area contributed by atoms with Gasteiger partial charge in [-0.1, -0.05) is 13.8 Å². The summed E-state index contributed by atoms with van der Waals surface area (Å²) in [5, 5.41) is 2.61. The molecule has 2 aromatic rings. The maximum atomic E-state index is 11.6. The van der Waals surface area contributed by atoms with E-state index in [1.165, 1.54) is 0 Å². The smallest absolute Gasteiger partial charge is 0.254 e. The zero-order valence-electron chi connectivity index (χ0n) is 11.0. The Bertz CT molecular complexity index is 534. The van der Waals surface area contributed by atoms with Gasteiger partial charge in [0.2, 0.25) is 0 Å². The fourth-order valence-corrected chi connectivity index (χ4v) is 1.66. The first-order valence-electron chi connectivity index (χ1n) is 5.78. The average Bonchev–Trinajstić information content (AvgIpc) is 2.68. The van der Waals surface area contributed by atoms with E-state index in [0.29, 0.717) is 5.56 Å². The van der Waals surface area contributed by atoms with Crippen LogP contribution < -0.4 is 5.32 Å². The van der Waals surface area contributed by atoms with Crippen LogP contribution in [0.1, 0.15) is 31.3 Å². The molecule has 0 aromatic carbocycles. The van der Waals surface area contributed by atoms with Gasteiger partial charge < -0.3 is 9.88 Å². The summed E-state index contributed by atoms with van der Waals surface area (Å²) in [5.41, 5.74) is 3.27. The van der Waals surface area contributed by atoms with Crippen molar-refractivity contribution in [2.45, 2.75) is 20.8 Å². The third kappa shape index (κ3) is 2.46. The van der Waals surface area contributed by atoms with Crippen molar-refractivity contribution in [3.05, 3.63) is 29.6 Å². The Labute approximate surface area is 103 Å². The van der Waals surface area contributed by atoms with E-state index in [1.807, 2.05) is 44.5 Å². The van der Waals surface area contributed by atoms with Gasteiger partial charge in [-0.2, -0.15) is 0 Å². The summed E-state index contributed by atoms with van der Waals surface area (Å²) in [4.78, 5) is 16.0. The number of carbonyl (C=O) groups excluding carboxylic acids is 1. The number of fused-ring (bicyclic) bond motifs is 1. The van der Waals surface area contributed by atoms with Gasteiger partial charge in [-0.05, 0) is 19.1 Å². The zero-order chi connectivity index (χ0) is 13.0. The van der Waals surface area contributed by atoms with Crippen LogP contribution in [0.15, 0.2) is 18.3 Å². The predicted molar refractivity (Wildman–Crippen MR) is 72.3 cm³/mol. The average molecular weight is 235 g/mol. The van der Waals surface area contributed by atoms with E-state index in [-0.39, 0.29) is 7.33 Å². The standard InChI is InChI=1S/C11H13N3O.C2H6.H2/c1-7-4-5-9-10(13-7)8(6-14(9)3)11(15)12-2;1-2;/h4-6H,1-3H3,(H,12,15);1-2H3;1H. The third-order valence-corrected chi connectivity index (χ3v) is 2.44. The molecule has 4 nitrogen and oxygen atoms in total. The molecule has 2 rings (SSSR count). The number of amides is 1. The van der Waals surface area contributed by atoms with Crippen molar-refractivity contribution in [2.24, 2.45) is 7.05 Å². The fourth-order valence-electron chi connectivity index (χ4n) is 1.66. The molecular formula is C13H21N3O. The molecule has 1 N–H and O–H groups in total. The summed E-state index contributed by atoms with van der Waals surface area (Å²) in [5.74, 6) is -0.0984. The van der Waals surface area contributed by atoms with Crippen LogP contribution in [0.5, 0.6) is 0 Å². The number of pyridine rings is 1. The van der Waals surface area contributed by atoms with Crippen LogP contribution in [-0.2, 0) is 7.05 Å². The van der Waals surface area contributed by atoms with Gasteiger partial charge in [0, 0.05) is 27.4 Å². The van der Waals surface area contributed by atoms with Gasteiger partial charge in [0.1, 0.15) is 5.52 Å². The Morgan fingerprint density at radius 2 is 2.06 bits per heavy atom. The Balaban J connectivity index is 0.000000917. The Morgan fingerprint density at radius 1 is 1.41 bits per heavy atom. The first-order chi connectivity index (χ1) is 8.13. The summed E-state index contributed by atoms with van der Waals surface area (Å²) in [6, 6.07) is 3.92. The number of rotatable bonds is 1. The summed E-state index contributed by atoms with van der Waals surface area (Å²) in [6.07, 6.45) is 1.80. The molecule has 0 fully saturated rings. The van der Waals surface area contributed by atoms with Gasteiger partial charge in [0.15, 0.2) is 0 Å². The molecule has 0 unspecified atom stereocenters. The topological polar surface area (TPSA) is 46.9 Å². The highest BCUT2D eigenvalue weighted by Crippen LogP contribution is 2.18. The molecule has 1 amide bonds. The van der Waals surface area contributed by atoms with Crippen molar-refractivity contribution >= 4 is 16.9 Å². The van der Waals surface area contributed by atoms with Crippen LogP contribution in [0, 0.1) is 6.92 Å². The summed E-state index contributed by atoms with van der Waals surface area (Å²) < 4.78 is 1.91. The molecule has 0 bridgehead atoms. The number of hydrogen-bond donors (Lipinski definition) is 1. The number of carbonyl (C=O) groups is 1. The van der Waals surface area contributed by atoms with E-state index in [9.17, 15) is 4.79 Å². The molecule has 17 heavy (non-hydrogen) atoms. The SMILES string of the molecule is CC.CNC(=O)c1cn(C)c2ccc(C)nc12.[HH]. The minimum Gasteiger partial charge on any atom is -0.355 e. The lowest BCUT2D eigenvalue weighted by Crippen LogP contribution is -2.17. The molecule has 0 saturated carbocycles. The lowest BCUT2D eigenvalue weighted by molar-refractivity contribution is 0.0964. The minimum atomic E-state index is -0.0984. The molecule has 94 valence electrons. The van der Waals surface area contributed by atoms with E-state index in [2.05, 4.69) is 10.3 Å². The number of nitrogens with one attached hydrogen (secondary N) is 1. The van der Waals surface area contributed by atoms with E-state index in [1.54, 1.807) is 13.2 Å². The van der Waals surface area contributed by atoms with Crippen molar-refractivity contribution in [2.75, 3.05) is 7.05 Å². The monoisotopic (exact) mass is 235 g/mol. The Morgan fingerprint density at radius 3 is 2.65 bits per heavy atom. The lowest BCUT2D eigenvalue weighted by atomic mass is 10.2. The first-order valence-corrected chi connectivity index (χ1v) is 5.78. The fraction of sp³-hybridized carbons (Fsp3) is 0.385. The van der Waals surface area contributed by atoms with E-state index >= 15 is 0 Å². The largest absolute Gasteiger partial charge is 0.355 e. The molecular weight excluding hydrogens is 214 g/mol. The highest BCUT2D eigenvalue weighted by atomic mass is 16.1. The molecule has 0 saturated heterocycles. The Hall–Kier alpha value is -1.84. The minimum absolute atomic E-state index is 0. The third-order valence-electron chi connectivity index (χ3n) is 2.44. The quantitative estimate of drug-likeness (QED) is 0.825. The first kappa shape index (κ1) is 13.2. The van der Waals surface area contributed by atoms with Crippen molar-refractivity contribution in [1.82, 2.24) is 14.9 Å². The van der Waals surface area contributed by atoms with Gasteiger partial charge in [-0.15, -0.1) is 0 Å². The molecule has 0 atom stereocenters. The van der Waals surface area contributed by atoms with Gasteiger partial charge in [-0.25, -0.2) is 0 Å². The number of aryl methyl sites for hydroxylation is 2. The number of nitrogens with zero attached hydrogens (tertiary/aromatic N) is 2. The Kier molecular flexibility index (Phi) is 4.26. The molecule has 0 spiro atoms. The van der Waals surface area contributed by atoms with E-state index in [0.717, 1.165) is 16.7 Å². The zero-order valence-corrected chi connectivity index (χ0v) is 11.0. The number of hydrogen-bond acceptors (Lipinski definition) is 2. The van der Waals surface area contributed by atoms with Crippen LogP contribution in [0.4, 0.5) is 0 Å². The van der Waals surface area contributed by atoms with Crippen LogP contribution in [0.2, 0.25) is 0 Å². The molecule has 0 aliphatic carbocycles. The highest BCUT2D eigenvalue weighted by Gasteiger charge is 2.13. The second kappa shape index (κ2) is 5.48. The second-order valence-electron chi connectivity index (χ2n) is 3.55. The van der Waals surface area contributed by atoms with Crippen LogP contribution in [-0.4, -0.2) is 22.5 Å². The van der Waals surface area contributed by atoms with E-state index in [4.69, 9.17) is 0 Å². The predicted octanol–water partition coefficient (Wildman–Crippen LogP) is 2.51. The summed E-state index contributed by atoms with van der Waals surface area (Å²) in [6.45, 7) is 5.92. The summed E-state index contributed by atoms with van der Waals surface area (Å²) >= 11 is 0. The molecule has 0 radical (unpaired) electrons. The van der Waals surface area contributed by atoms with Gasteiger partial charge in [0.25, 0.3) is 5.91 Å². The van der Waals surface area contributed by atoms with Gasteiger partial charge in [0.05, 0.1) is 11.1 Å². The highest BCUT2D eigenvalue weighted by molar-refractivity contribution is 6.05. The van der Waals surface area contributed by atoms with Crippen molar-refractivity contribution < 1.29 is 6.22 Å². The normalized spacial score (nSPS) is 9.71. The van der Waals surface area contributed by atoms with Crippen LogP contribution in [0.3, 0.4) is 0 Å². The van der Waals surface area contributed by atoms with Gasteiger partial charge >= 0.3 is 0 Å². The number of aromatic nitrogens is 2. The maximum Gasteiger partial charge on any atom is 0.254 e. The van der Waals surface area contributed by atoms with Crippen molar-refractivity contribution in [3.63, 3.8) is 0 Å². The van der Waals surface area contributed by atoms with Crippen LogP contribution >= 0.6 is 0 Å². The summed E-state index contributed by atoms with van der Waals surface area (Å²) in [7, 11) is 3.53. The molecule has 2 heterocycles. The molecule has 0 aliphatic heterocycles. The lowest BCUT2D eigenvalue weighted by Gasteiger charge is -1.97. The van der Waals surface area contributed by atoms with Gasteiger partial charge in [-0.3, -0.25) is 9.78 Å². The van der Waals surface area contributed by atoms with Crippen molar-refractivity contribution in [3.8, 4) is 0 Å². The van der Waals surface area contributed by atoms with E-state index < -0.39 is 0 Å². The molecule has 4 heteroatoms. The maximum absolute atomic E-state index is 11.6. The second-order valence-corrected chi connectivity index (χ2v) is 3.55. The molecule has 2 aromatic heterocycles.